The number of carbonyl (C=O) groups is 1. The Morgan fingerprint density at radius 1 is 1.09 bits per heavy atom. The van der Waals surface area contributed by atoms with E-state index in [1.54, 1.807) is 36.8 Å². The molecule has 0 aliphatic carbocycles. The van der Waals surface area contributed by atoms with Gasteiger partial charge in [0.25, 0.3) is 5.91 Å². The van der Waals surface area contributed by atoms with Gasteiger partial charge in [0.2, 0.25) is 11.9 Å². The molecule has 10 nitrogen and oxygen atoms in total. The second-order valence-corrected chi connectivity index (χ2v) is 7.50. The minimum absolute atomic E-state index is 0.00976. The van der Waals surface area contributed by atoms with Crippen LogP contribution in [0.25, 0.3) is 0 Å². The molecule has 33 heavy (non-hydrogen) atoms. The third-order valence-electron chi connectivity index (χ3n) is 4.59. The van der Waals surface area contributed by atoms with Crippen molar-refractivity contribution in [1.82, 2.24) is 24.3 Å². The summed E-state index contributed by atoms with van der Waals surface area (Å²) in [6.45, 7) is 5.11. The Bertz CT molecular complexity index is 1180. The summed E-state index contributed by atoms with van der Waals surface area (Å²) in [5, 5.41) is 7.25. The third kappa shape index (κ3) is 5.67. The average molecular weight is 447 g/mol. The summed E-state index contributed by atoms with van der Waals surface area (Å²) in [6.07, 6.45) is 5.41. The standard InChI is InChI=1S/C23H25N7O3/c1-16(2)33-20-7-3-17(4-8-20)21(31)30-22(24)27-23(28-30)26-18-5-9-19(10-6-18)32-14-13-29-12-11-25-15-29/h3-12,15-16H,13-14H2,1-2H3,(H3,24,26,27,28). The van der Waals surface area contributed by atoms with Gasteiger partial charge in [-0.2, -0.15) is 9.67 Å². The lowest BCUT2D eigenvalue weighted by atomic mass is 10.2. The van der Waals surface area contributed by atoms with Crippen molar-refractivity contribution in [2.24, 2.45) is 0 Å². The van der Waals surface area contributed by atoms with Crippen molar-refractivity contribution in [1.29, 1.82) is 0 Å². The van der Waals surface area contributed by atoms with Gasteiger partial charge in [-0.15, -0.1) is 5.10 Å². The van der Waals surface area contributed by atoms with E-state index in [4.69, 9.17) is 15.2 Å². The van der Waals surface area contributed by atoms with Crippen LogP contribution < -0.4 is 20.5 Å². The Kier molecular flexibility index (Phi) is 6.53. The van der Waals surface area contributed by atoms with Crippen LogP contribution in [0.2, 0.25) is 0 Å². The number of rotatable bonds is 9. The second-order valence-electron chi connectivity index (χ2n) is 7.50. The van der Waals surface area contributed by atoms with E-state index in [1.165, 1.54) is 0 Å². The molecule has 0 unspecified atom stereocenters. The number of nitrogen functional groups attached to an aromatic ring is 1. The summed E-state index contributed by atoms with van der Waals surface area (Å²) in [6, 6.07) is 14.1. The van der Waals surface area contributed by atoms with E-state index < -0.39 is 0 Å². The number of ether oxygens (including phenoxy) is 2. The molecule has 0 atom stereocenters. The zero-order valence-corrected chi connectivity index (χ0v) is 18.4. The molecule has 4 aromatic rings. The number of carbonyl (C=O) groups excluding carboxylic acids is 1. The van der Waals surface area contributed by atoms with Crippen LogP contribution in [-0.2, 0) is 6.54 Å². The van der Waals surface area contributed by atoms with Gasteiger partial charge < -0.3 is 25.1 Å². The summed E-state index contributed by atoms with van der Waals surface area (Å²) in [5.74, 6) is 1.24. The fourth-order valence-corrected chi connectivity index (χ4v) is 3.05. The third-order valence-corrected chi connectivity index (χ3v) is 4.59. The molecule has 0 radical (unpaired) electrons. The fraction of sp³-hybridized carbons (Fsp3) is 0.217. The van der Waals surface area contributed by atoms with Gasteiger partial charge >= 0.3 is 0 Å². The van der Waals surface area contributed by atoms with Gasteiger partial charge in [-0.05, 0) is 62.4 Å². The summed E-state index contributed by atoms with van der Waals surface area (Å²) in [7, 11) is 0. The molecule has 0 spiro atoms. The molecular formula is C23H25N7O3. The number of anilines is 3. The lowest BCUT2D eigenvalue weighted by Gasteiger charge is -2.09. The first-order chi connectivity index (χ1) is 16.0. The number of hydrogen-bond donors (Lipinski definition) is 2. The average Bonchev–Trinajstić information content (AvgIpc) is 3.44. The van der Waals surface area contributed by atoms with Crippen LogP contribution in [0.4, 0.5) is 17.6 Å². The predicted molar refractivity (Wildman–Crippen MR) is 124 cm³/mol. The first-order valence-electron chi connectivity index (χ1n) is 10.5. The van der Waals surface area contributed by atoms with E-state index in [0.29, 0.717) is 24.5 Å². The van der Waals surface area contributed by atoms with Crippen molar-refractivity contribution >= 4 is 23.5 Å². The molecule has 2 heterocycles. The van der Waals surface area contributed by atoms with E-state index in [-0.39, 0.29) is 23.9 Å². The van der Waals surface area contributed by atoms with Crippen LogP contribution in [0.1, 0.15) is 24.2 Å². The molecule has 2 aromatic heterocycles. The van der Waals surface area contributed by atoms with Gasteiger partial charge in [0.05, 0.1) is 19.0 Å². The van der Waals surface area contributed by atoms with Gasteiger partial charge in [-0.25, -0.2) is 4.98 Å². The summed E-state index contributed by atoms with van der Waals surface area (Å²) in [4.78, 5) is 20.9. The van der Waals surface area contributed by atoms with Gasteiger partial charge in [0, 0.05) is 23.6 Å². The fourth-order valence-electron chi connectivity index (χ4n) is 3.05. The maximum absolute atomic E-state index is 12.8. The molecule has 0 fully saturated rings. The van der Waals surface area contributed by atoms with Crippen LogP contribution in [-0.4, -0.2) is 42.9 Å². The topological polar surface area (TPSA) is 122 Å². The SMILES string of the molecule is CC(C)Oc1ccc(C(=O)n2nc(Nc3ccc(OCCn4ccnc4)cc3)nc2N)cc1. The molecule has 3 N–H and O–H groups in total. The van der Waals surface area contributed by atoms with Crippen LogP contribution >= 0.6 is 0 Å². The van der Waals surface area contributed by atoms with E-state index >= 15 is 0 Å². The zero-order chi connectivity index (χ0) is 23.2. The van der Waals surface area contributed by atoms with E-state index in [9.17, 15) is 4.79 Å². The summed E-state index contributed by atoms with van der Waals surface area (Å²) >= 11 is 0. The maximum Gasteiger partial charge on any atom is 0.281 e. The number of nitrogens with zero attached hydrogens (tertiary/aromatic N) is 5. The second kappa shape index (κ2) is 9.86. The summed E-state index contributed by atoms with van der Waals surface area (Å²) in [5.41, 5.74) is 7.08. The van der Waals surface area contributed by atoms with Crippen LogP contribution in [0, 0.1) is 0 Å². The smallest absolute Gasteiger partial charge is 0.281 e. The van der Waals surface area contributed by atoms with Gasteiger partial charge in [0.15, 0.2) is 0 Å². The molecule has 2 aromatic carbocycles. The summed E-state index contributed by atoms with van der Waals surface area (Å²) < 4.78 is 14.3. The molecule has 0 saturated carbocycles. The molecule has 0 bridgehead atoms. The first-order valence-corrected chi connectivity index (χ1v) is 10.5. The number of hydrogen-bond acceptors (Lipinski definition) is 8. The highest BCUT2D eigenvalue weighted by Gasteiger charge is 2.16. The number of nitrogens with two attached hydrogens (primary N) is 1. The largest absolute Gasteiger partial charge is 0.492 e. The van der Waals surface area contributed by atoms with Crippen LogP contribution in [0.5, 0.6) is 11.5 Å². The van der Waals surface area contributed by atoms with Crippen molar-refractivity contribution in [2.75, 3.05) is 17.7 Å². The highest BCUT2D eigenvalue weighted by molar-refractivity contribution is 5.97. The quantitative estimate of drug-likeness (QED) is 0.401. The Balaban J connectivity index is 1.36. The highest BCUT2D eigenvalue weighted by Crippen LogP contribution is 2.20. The number of imidazole rings is 1. The Labute approximate surface area is 191 Å². The molecular weight excluding hydrogens is 422 g/mol. The lowest BCUT2D eigenvalue weighted by molar-refractivity contribution is 0.0948. The normalized spacial score (nSPS) is 10.9. The maximum atomic E-state index is 12.8. The molecule has 4 rings (SSSR count). The number of aromatic nitrogens is 5. The first kappa shape index (κ1) is 21.9. The Morgan fingerprint density at radius 2 is 1.82 bits per heavy atom. The molecule has 170 valence electrons. The van der Waals surface area contributed by atoms with Crippen molar-refractivity contribution in [2.45, 2.75) is 26.5 Å². The minimum Gasteiger partial charge on any atom is -0.492 e. The van der Waals surface area contributed by atoms with E-state index in [0.717, 1.165) is 16.1 Å². The molecule has 0 saturated heterocycles. The van der Waals surface area contributed by atoms with Gasteiger partial charge in [-0.1, -0.05) is 0 Å². The van der Waals surface area contributed by atoms with Crippen LogP contribution in [0.3, 0.4) is 0 Å². The molecule has 0 aliphatic rings. The Hall–Kier alpha value is -4.34. The van der Waals surface area contributed by atoms with Crippen molar-refractivity contribution in [3.63, 3.8) is 0 Å². The Morgan fingerprint density at radius 3 is 2.48 bits per heavy atom. The predicted octanol–water partition coefficient (Wildman–Crippen LogP) is 3.36. The molecule has 0 amide bonds. The zero-order valence-electron chi connectivity index (χ0n) is 18.4. The van der Waals surface area contributed by atoms with Crippen molar-refractivity contribution in [3.05, 3.63) is 72.8 Å². The van der Waals surface area contributed by atoms with E-state index in [1.807, 2.05) is 48.9 Å². The van der Waals surface area contributed by atoms with Crippen molar-refractivity contribution in [3.8, 4) is 11.5 Å². The van der Waals surface area contributed by atoms with E-state index in [2.05, 4.69) is 20.4 Å². The number of benzene rings is 2. The highest BCUT2D eigenvalue weighted by atomic mass is 16.5. The lowest BCUT2D eigenvalue weighted by Crippen LogP contribution is -2.16. The monoisotopic (exact) mass is 447 g/mol. The van der Waals surface area contributed by atoms with Gasteiger partial charge in [-0.3, -0.25) is 4.79 Å². The number of nitrogens with one attached hydrogen (secondary N) is 1. The van der Waals surface area contributed by atoms with Crippen molar-refractivity contribution < 1.29 is 14.3 Å². The molecule has 0 aliphatic heterocycles. The van der Waals surface area contributed by atoms with Crippen LogP contribution in [0.15, 0.2) is 67.3 Å². The minimum atomic E-state index is -0.384. The molecule has 10 heteroatoms. The van der Waals surface area contributed by atoms with Gasteiger partial charge in [0.1, 0.15) is 18.1 Å².